The molecule has 0 unspecified atom stereocenters. The van der Waals surface area contributed by atoms with Gasteiger partial charge in [0.2, 0.25) is 0 Å². The first-order valence-corrected chi connectivity index (χ1v) is 7.22. The summed E-state index contributed by atoms with van der Waals surface area (Å²) in [5, 5.41) is 6.74. The maximum Gasteiger partial charge on any atom is 0.191 e. The van der Waals surface area contributed by atoms with Crippen LogP contribution < -0.4 is 10.6 Å². The average molecular weight is 254 g/mol. The van der Waals surface area contributed by atoms with Crippen molar-refractivity contribution in [1.29, 1.82) is 0 Å². The summed E-state index contributed by atoms with van der Waals surface area (Å²) in [5.74, 6) is 0.906. The van der Waals surface area contributed by atoms with Gasteiger partial charge in [-0.1, -0.05) is 0 Å². The Bertz CT molecular complexity index is 249. The van der Waals surface area contributed by atoms with E-state index in [0.717, 1.165) is 12.5 Å². The number of likely N-dealkylation sites (tertiary alicyclic amines) is 1. The lowest BCUT2D eigenvalue weighted by atomic mass is 10.1. The fourth-order valence-electron chi connectivity index (χ4n) is 2.21. The van der Waals surface area contributed by atoms with Crippen molar-refractivity contribution in [2.24, 2.45) is 4.99 Å². The highest BCUT2D eigenvalue weighted by molar-refractivity contribution is 5.80. The highest BCUT2D eigenvalue weighted by Crippen LogP contribution is 2.07. The van der Waals surface area contributed by atoms with E-state index in [2.05, 4.69) is 41.3 Å². The van der Waals surface area contributed by atoms with Crippen LogP contribution >= 0.6 is 0 Å². The molecule has 18 heavy (non-hydrogen) atoms. The SMILES string of the molecule is CN=C(NCCCCN1CCCC1)NC(C)(C)C. The minimum Gasteiger partial charge on any atom is -0.356 e. The van der Waals surface area contributed by atoms with Gasteiger partial charge in [-0.05, 0) is 66.1 Å². The summed E-state index contributed by atoms with van der Waals surface area (Å²) in [6.07, 6.45) is 5.27. The quantitative estimate of drug-likeness (QED) is 0.447. The van der Waals surface area contributed by atoms with E-state index < -0.39 is 0 Å². The van der Waals surface area contributed by atoms with Crippen molar-refractivity contribution in [2.75, 3.05) is 33.2 Å². The van der Waals surface area contributed by atoms with E-state index in [1.807, 2.05) is 7.05 Å². The summed E-state index contributed by atoms with van der Waals surface area (Å²) < 4.78 is 0. The van der Waals surface area contributed by atoms with Crippen LogP contribution in [-0.4, -0.2) is 49.6 Å². The van der Waals surface area contributed by atoms with E-state index in [4.69, 9.17) is 0 Å². The first kappa shape index (κ1) is 15.3. The molecule has 0 atom stereocenters. The molecule has 0 aromatic rings. The van der Waals surface area contributed by atoms with Gasteiger partial charge in [-0.15, -0.1) is 0 Å². The van der Waals surface area contributed by atoms with Crippen molar-refractivity contribution < 1.29 is 0 Å². The fourth-order valence-corrected chi connectivity index (χ4v) is 2.21. The molecule has 106 valence electrons. The topological polar surface area (TPSA) is 39.7 Å². The predicted molar refractivity (Wildman–Crippen MR) is 79.2 cm³/mol. The van der Waals surface area contributed by atoms with Gasteiger partial charge in [-0.3, -0.25) is 4.99 Å². The standard InChI is InChI=1S/C14H30N4/c1-14(2,3)17-13(15-4)16-9-5-6-10-18-11-7-8-12-18/h5-12H2,1-4H3,(H2,15,16,17). The molecule has 0 aromatic heterocycles. The van der Waals surface area contributed by atoms with E-state index in [1.54, 1.807) is 0 Å². The van der Waals surface area contributed by atoms with Gasteiger partial charge >= 0.3 is 0 Å². The third-order valence-electron chi connectivity index (χ3n) is 3.11. The van der Waals surface area contributed by atoms with Crippen LogP contribution in [0, 0.1) is 0 Å². The van der Waals surface area contributed by atoms with Gasteiger partial charge in [-0.2, -0.15) is 0 Å². The van der Waals surface area contributed by atoms with Gasteiger partial charge in [0, 0.05) is 19.1 Å². The van der Waals surface area contributed by atoms with Crippen molar-refractivity contribution in [2.45, 2.75) is 52.0 Å². The van der Waals surface area contributed by atoms with E-state index in [-0.39, 0.29) is 5.54 Å². The first-order valence-electron chi connectivity index (χ1n) is 7.22. The average Bonchev–Trinajstić information content (AvgIpc) is 2.78. The number of hydrogen-bond acceptors (Lipinski definition) is 2. The second-order valence-corrected chi connectivity index (χ2v) is 6.13. The number of nitrogens with one attached hydrogen (secondary N) is 2. The second-order valence-electron chi connectivity index (χ2n) is 6.13. The fraction of sp³-hybridized carbons (Fsp3) is 0.929. The summed E-state index contributed by atoms with van der Waals surface area (Å²) in [5.41, 5.74) is 0.0669. The summed E-state index contributed by atoms with van der Waals surface area (Å²) in [7, 11) is 1.82. The molecule has 1 rings (SSSR count). The first-order chi connectivity index (χ1) is 8.51. The van der Waals surface area contributed by atoms with Crippen molar-refractivity contribution in [3.05, 3.63) is 0 Å². The molecule has 0 saturated carbocycles. The Kier molecular flexibility index (Phi) is 6.47. The largest absolute Gasteiger partial charge is 0.356 e. The monoisotopic (exact) mass is 254 g/mol. The molecule has 0 bridgehead atoms. The minimum absolute atomic E-state index is 0.0669. The van der Waals surface area contributed by atoms with Crippen LogP contribution in [0.25, 0.3) is 0 Å². The van der Waals surface area contributed by atoms with Gasteiger partial charge in [0.25, 0.3) is 0 Å². The summed E-state index contributed by atoms with van der Waals surface area (Å²) in [6.45, 7) is 11.3. The van der Waals surface area contributed by atoms with Gasteiger partial charge < -0.3 is 15.5 Å². The second kappa shape index (κ2) is 7.62. The molecular formula is C14H30N4. The zero-order valence-corrected chi connectivity index (χ0v) is 12.6. The lowest BCUT2D eigenvalue weighted by Gasteiger charge is -2.23. The van der Waals surface area contributed by atoms with E-state index in [9.17, 15) is 0 Å². The van der Waals surface area contributed by atoms with E-state index >= 15 is 0 Å². The summed E-state index contributed by atoms with van der Waals surface area (Å²) >= 11 is 0. The van der Waals surface area contributed by atoms with Crippen LogP contribution in [0.3, 0.4) is 0 Å². The summed E-state index contributed by atoms with van der Waals surface area (Å²) in [6, 6.07) is 0. The highest BCUT2D eigenvalue weighted by Gasteiger charge is 2.12. The molecule has 1 saturated heterocycles. The Morgan fingerprint density at radius 1 is 1.17 bits per heavy atom. The number of unbranched alkanes of at least 4 members (excludes halogenated alkanes) is 1. The molecule has 1 aliphatic rings. The molecule has 2 N–H and O–H groups in total. The minimum atomic E-state index is 0.0669. The van der Waals surface area contributed by atoms with Crippen LogP contribution in [0.4, 0.5) is 0 Å². The predicted octanol–water partition coefficient (Wildman–Crippen LogP) is 1.83. The molecule has 4 nitrogen and oxygen atoms in total. The van der Waals surface area contributed by atoms with Crippen LogP contribution in [0.1, 0.15) is 46.5 Å². The van der Waals surface area contributed by atoms with E-state index in [1.165, 1.54) is 45.3 Å². The third-order valence-corrected chi connectivity index (χ3v) is 3.11. The Hall–Kier alpha value is -0.770. The number of hydrogen-bond donors (Lipinski definition) is 2. The maximum absolute atomic E-state index is 4.23. The van der Waals surface area contributed by atoms with Gasteiger partial charge in [0.1, 0.15) is 0 Å². The lowest BCUT2D eigenvalue weighted by molar-refractivity contribution is 0.330. The van der Waals surface area contributed by atoms with Crippen molar-refractivity contribution in [3.63, 3.8) is 0 Å². The maximum atomic E-state index is 4.23. The third kappa shape index (κ3) is 6.84. The number of aliphatic imine (C=N–C) groups is 1. The molecular weight excluding hydrogens is 224 g/mol. The molecule has 1 aliphatic heterocycles. The van der Waals surface area contributed by atoms with Gasteiger partial charge in [0.05, 0.1) is 0 Å². The molecule has 0 radical (unpaired) electrons. The molecule has 0 aromatic carbocycles. The molecule has 0 spiro atoms. The lowest BCUT2D eigenvalue weighted by Crippen LogP contribution is -2.47. The van der Waals surface area contributed by atoms with Gasteiger partial charge in [0.15, 0.2) is 5.96 Å². The van der Waals surface area contributed by atoms with Gasteiger partial charge in [-0.25, -0.2) is 0 Å². The van der Waals surface area contributed by atoms with Crippen molar-refractivity contribution in [1.82, 2.24) is 15.5 Å². The van der Waals surface area contributed by atoms with Crippen LogP contribution in [-0.2, 0) is 0 Å². The Balaban J connectivity index is 2.05. The van der Waals surface area contributed by atoms with Crippen LogP contribution in [0.5, 0.6) is 0 Å². The van der Waals surface area contributed by atoms with Crippen LogP contribution in [0.2, 0.25) is 0 Å². The zero-order valence-electron chi connectivity index (χ0n) is 12.6. The smallest absolute Gasteiger partial charge is 0.191 e. The zero-order chi connectivity index (χ0) is 13.4. The molecule has 1 fully saturated rings. The Morgan fingerprint density at radius 3 is 2.39 bits per heavy atom. The van der Waals surface area contributed by atoms with E-state index in [0.29, 0.717) is 0 Å². The highest BCUT2D eigenvalue weighted by atomic mass is 15.2. The molecule has 1 heterocycles. The van der Waals surface area contributed by atoms with Crippen molar-refractivity contribution >= 4 is 5.96 Å². The number of guanidine groups is 1. The Labute approximate surface area is 112 Å². The normalized spacial score (nSPS) is 18.1. The van der Waals surface area contributed by atoms with Crippen molar-refractivity contribution in [3.8, 4) is 0 Å². The van der Waals surface area contributed by atoms with Crippen LogP contribution in [0.15, 0.2) is 4.99 Å². The molecule has 4 heteroatoms. The molecule has 0 aliphatic carbocycles. The number of rotatable bonds is 5. The Morgan fingerprint density at radius 2 is 1.83 bits per heavy atom. The number of nitrogens with zero attached hydrogens (tertiary/aromatic N) is 2. The molecule has 0 amide bonds. The summed E-state index contributed by atoms with van der Waals surface area (Å²) in [4.78, 5) is 6.80.